The van der Waals surface area contributed by atoms with E-state index in [1.165, 1.54) is 12.1 Å². The van der Waals surface area contributed by atoms with Crippen LogP contribution in [-0.4, -0.2) is 38.1 Å². The maximum absolute atomic E-state index is 12.9. The van der Waals surface area contributed by atoms with E-state index in [2.05, 4.69) is 15.2 Å². The molecule has 0 aliphatic heterocycles. The van der Waals surface area contributed by atoms with Gasteiger partial charge in [0.25, 0.3) is 0 Å². The van der Waals surface area contributed by atoms with Crippen molar-refractivity contribution in [2.45, 2.75) is 6.54 Å². The molecule has 3 N–H and O–H groups in total. The lowest BCUT2D eigenvalue weighted by Gasteiger charge is -2.15. The predicted molar refractivity (Wildman–Crippen MR) is 95.8 cm³/mol. The lowest BCUT2D eigenvalue weighted by molar-refractivity contribution is 0.336. The van der Waals surface area contributed by atoms with Crippen molar-refractivity contribution in [2.75, 3.05) is 32.6 Å². The van der Waals surface area contributed by atoms with Crippen molar-refractivity contribution in [1.82, 2.24) is 4.90 Å². The number of anilines is 1. The molecule has 0 saturated heterocycles. The van der Waals surface area contributed by atoms with Crippen LogP contribution in [0.4, 0.5) is 10.1 Å². The van der Waals surface area contributed by atoms with Crippen LogP contribution in [0.3, 0.4) is 0 Å². The molecule has 0 saturated carbocycles. The Hall–Kier alpha value is -2.60. The fourth-order valence-electron chi connectivity index (χ4n) is 2.18. The van der Waals surface area contributed by atoms with Crippen molar-refractivity contribution in [2.24, 2.45) is 10.7 Å². The summed E-state index contributed by atoms with van der Waals surface area (Å²) in [6, 6.07) is 14.0. The van der Waals surface area contributed by atoms with Crippen LogP contribution in [0.2, 0.25) is 0 Å². The van der Waals surface area contributed by atoms with Crippen molar-refractivity contribution in [3.05, 3.63) is 59.9 Å². The number of halogens is 1. The SMILES string of the molecule is COc1ccc(NC(N)=NCCN(C)Cc2ccc(F)cc2)cc1. The number of nitrogens with zero attached hydrogens (tertiary/aromatic N) is 2. The largest absolute Gasteiger partial charge is 0.497 e. The van der Waals surface area contributed by atoms with E-state index in [0.29, 0.717) is 12.5 Å². The summed E-state index contributed by atoms with van der Waals surface area (Å²) in [6.07, 6.45) is 0. The van der Waals surface area contributed by atoms with E-state index in [0.717, 1.165) is 30.1 Å². The Balaban J connectivity index is 1.76. The van der Waals surface area contributed by atoms with Gasteiger partial charge in [0, 0.05) is 18.8 Å². The molecule has 0 heterocycles. The minimum Gasteiger partial charge on any atom is -0.497 e. The maximum Gasteiger partial charge on any atom is 0.193 e. The average molecular weight is 330 g/mol. The van der Waals surface area contributed by atoms with E-state index < -0.39 is 0 Å². The zero-order valence-electron chi connectivity index (χ0n) is 14.0. The molecule has 24 heavy (non-hydrogen) atoms. The minimum absolute atomic E-state index is 0.219. The summed E-state index contributed by atoms with van der Waals surface area (Å²) in [4.78, 5) is 6.42. The zero-order chi connectivity index (χ0) is 17.4. The van der Waals surface area contributed by atoms with Gasteiger partial charge < -0.3 is 20.7 Å². The third-order valence-electron chi connectivity index (χ3n) is 3.49. The van der Waals surface area contributed by atoms with Gasteiger partial charge >= 0.3 is 0 Å². The molecule has 0 bridgehead atoms. The number of benzene rings is 2. The van der Waals surface area contributed by atoms with Crippen LogP contribution < -0.4 is 15.8 Å². The first-order valence-electron chi connectivity index (χ1n) is 7.71. The molecule has 5 nitrogen and oxygen atoms in total. The number of ether oxygens (including phenoxy) is 1. The second kappa shape index (κ2) is 8.88. The Morgan fingerprint density at radius 3 is 2.46 bits per heavy atom. The second-order valence-electron chi connectivity index (χ2n) is 5.48. The van der Waals surface area contributed by atoms with Crippen molar-refractivity contribution >= 4 is 11.6 Å². The molecule has 2 aromatic rings. The fraction of sp³-hybridized carbons (Fsp3) is 0.278. The van der Waals surface area contributed by atoms with Crippen LogP contribution >= 0.6 is 0 Å². The van der Waals surface area contributed by atoms with E-state index >= 15 is 0 Å². The first kappa shape index (κ1) is 17.7. The second-order valence-corrected chi connectivity index (χ2v) is 5.48. The Morgan fingerprint density at radius 1 is 1.17 bits per heavy atom. The van der Waals surface area contributed by atoms with E-state index in [-0.39, 0.29) is 5.82 Å². The molecule has 0 spiro atoms. The summed E-state index contributed by atoms with van der Waals surface area (Å²) in [7, 11) is 3.62. The van der Waals surface area contributed by atoms with E-state index in [1.54, 1.807) is 19.2 Å². The first-order valence-corrected chi connectivity index (χ1v) is 7.71. The van der Waals surface area contributed by atoms with Gasteiger partial charge in [0.05, 0.1) is 13.7 Å². The van der Waals surface area contributed by atoms with Crippen molar-refractivity contribution in [3.8, 4) is 5.75 Å². The van der Waals surface area contributed by atoms with Gasteiger partial charge in [-0.3, -0.25) is 4.99 Å². The number of methoxy groups -OCH3 is 1. The van der Waals surface area contributed by atoms with Crippen LogP contribution in [0.15, 0.2) is 53.5 Å². The number of nitrogens with two attached hydrogens (primary N) is 1. The number of guanidine groups is 1. The smallest absolute Gasteiger partial charge is 0.193 e. The standard InChI is InChI=1S/C18H23FN4O/c1-23(13-14-3-5-15(19)6-4-14)12-11-21-18(20)22-16-7-9-17(24-2)10-8-16/h3-10H,11-13H2,1-2H3,(H3,20,21,22). The van der Waals surface area contributed by atoms with Gasteiger partial charge in [0.2, 0.25) is 0 Å². The molecule has 0 amide bonds. The van der Waals surface area contributed by atoms with Crippen molar-refractivity contribution in [3.63, 3.8) is 0 Å². The fourth-order valence-corrected chi connectivity index (χ4v) is 2.18. The maximum atomic E-state index is 12.9. The van der Waals surface area contributed by atoms with Gasteiger partial charge in [-0.1, -0.05) is 12.1 Å². The topological polar surface area (TPSA) is 62.9 Å². The van der Waals surface area contributed by atoms with E-state index in [9.17, 15) is 4.39 Å². The molecule has 0 fully saturated rings. The summed E-state index contributed by atoms with van der Waals surface area (Å²) < 4.78 is 18.0. The quantitative estimate of drug-likeness (QED) is 0.605. The summed E-state index contributed by atoms with van der Waals surface area (Å²) in [5.74, 6) is 0.942. The monoisotopic (exact) mass is 330 g/mol. The van der Waals surface area contributed by atoms with Crippen molar-refractivity contribution < 1.29 is 9.13 Å². The van der Waals surface area contributed by atoms with E-state index in [1.807, 2.05) is 31.3 Å². The van der Waals surface area contributed by atoms with Crippen LogP contribution in [-0.2, 0) is 6.54 Å². The lowest BCUT2D eigenvalue weighted by atomic mass is 10.2. The summed E-state index contributed by atoms with van der Waals surface area (Å²) >= 11 is 0. The molecule has 6 heteroatoms. The number of nitrogens with one attached hydrogen (secondary N) is 1. The van der Waals surface area contributed by atoms with Crippen LogP contribution in [0.5, 0.6) is 5.75 Å². The molecule has 128 valence electrons. The Labute approximate surface area is 142 Å². The highest BCUT2D eigenvalue weighted by atomic mass is 19.1. The summed E-state index contributed by atoms with van der Waals surface area (Å²) in [6.45, 7) is 2.07. The highest BCUT2D eigenvalue weighted by molar-refractivity contribution is 5.92. The third kappa shape index (κ3) is 5.89. The molecule has 2 rings (SSSR count). The summed E-state index contributed by atoms with van der Waals surface area (Å²) in [5, 5.41) is 3.03. The number of rotatable bonds is 7. The molecule has 0 aromatic heterocycles. The minimum atomic E-state index is -0.219. The average Bonchev–Trinajstić information content (AvgIpc) is 2.57. The molecule has 0 radical (unpaired) electrons. The number of likely N-dealkylation sites (N-methyl/N-ethyl adjacent to an activating group) is 1. The predicted octanol–water partition coefficient (Wildman–Crippen LogP) is 2.69. The summed E-state index contributed by atoms with van der Waals surface area (Å²) in [5.41, 5.74) is 7.80. The van der Waals surface area contributed by atoms with Gasteiger partial charge in [-0.15, -0.1) is 0 Å². The number of aliphatic imine (C=N–C) groups is 1. The normalized spacial score (nSPS) is 11.6. The van der Waals surface area contributed by atoms with Crippen LogP contribution in [0, 0.1) is 5.82 Å². The van der Waals surface area contributed by atoms with E-state index in [4.69, 9.17) is 10.5 Å². The molecule has 0 unspecified atom stereocenters. The van der Waals surface area contributed by atoms with Crippen molar-refractivity contribution in [1.29, 1.82) is 0 Å². The Morgan fingerprint density at radius 2 is 1.83 bits per heavy atom. The van der Waals surface area contributed by atoms with Gasteiger partial charge in [0.15, 0.2) is 5.96 Å². The Bertz CT molecular complexity index is 656. The van der Waals surface area contributed by atoms with Crippen LogP contribution in [0.25, 0.3) is 0 Å². The van der Waals surface area contributed by atoms with Gasteiger partial charge in [0.1, 0.15) is 11.6 Å². The molecular formula is C18H23FN4O. The number of hydrogen-bond acceptors (Lipinski definition) is 3. The molecule has 0 aliphatic carbocycles. The lowest BCUT2D eigenvalue weighted by Crippen LogP contribution is -2.26. The van der Waals surface area contributed by atoms with Crippen LogP contribution in [0.1, 0.15) is 5.56 Å². The van der Waals surface area contributed by atoms with Gasteiger partial charge in [-0.2, -0.15) is 0 Å². The Kier molecular flexibility index (Phi) is 6.57. The highest BCUT2D eigenvalue weighted by Gasteiger charge is 2.01. The third-order valence-corrected chi connectivity index (χ3v) is 3.49. The van der Waals surface area contributed by atoms with Gasteiger partial charge in [-0.05, 0) is 49.0 Å². The first-order chi connectivity index (χ1) is 11.6. The zero-order valence-corrected chi connectivity index (χ0v) is 14.0. The molecule has 2 aromatic carbocycles. The molecule has 0 atom stereocenters. The molecular weight excluding hydrogens is 307 g/mol. The molecule has 0 aliphatic rings. The van der Waals surface area contributed by atoms with Gasteiger partial charge in [-0.25, -0.2) is 4.39 Å². The number of hydrogen-bond donors (Lipinski definition) is 2. The highest BCUT2D eigenvalue weighted by Crippen LogP contribution is 2.14.